The maximum absolute atomic E-state index is 5.66. The first kappa shape index (κ1) is 17.2. The summed E-state index contributed by atoms with van der Waals surface area (Å²) in [7, 11) is 3.87. The predicted octanol–water partition coefficient (Wildman–Crippen LogP) is 1.31. The van der Waals surface area contributed by atoms with E-state index in [9.17, 15) is 0 Å². The highest BCUT2D eigenvalue weighted by Gasteiger charge is 2.21. The Bertz CT molecular complexity index is 295. The Balaban J connectivity index is 2.09. The van der Waals surface area contributed by atoms with E-state index >= 15 is 0 Å². The Labute approximate surface area is 124 Å². The third kappa shape index (κ3) is 8.38. The molecule has 20 heavy (non-hydrogen) atoms. The van der Waals surface area contributed by atoms with Gasteiger partial charge in [-0.2, -0.15) is 0 Å². The molecule has 1 fully saturated rings. The van der Waals surface area contributed by atoms with E-state index in [1.807, 2.05) is 14.1 Å². The molecular weight excluding hydrogens is 252 g/mol. The monoisotopic (exact) mass is 284 g/mol. The van der Waals surface area contributed by atoms with E-state index in [1.165, 1.54) is 12.8 Å². The molecule has 0 aromatic carbocycles. The average Bonchev–Trinajstić information content (AvgIpc) is 3.17. The first-order chi connectivity index (χ1) is 9.42. The van der Waals surface area contributed by atoms with Gasteiger partial charge in [0.05, 0.1) is 6.61 Å². The van der Waals surface area contributed by atoms with Crippen LogP contribution < -0.4 is 10.6 Å². The lowest BCUT2D eigenvalue weighted by atomic mass is 10.1. The standard InChI is InChI=1S/C15H32N4O/c1-15(2,3)18-9-8-17-14(16-4)19(5)10-11-20-12-13-6-7-13/h13,18H,6-12H2,1-5H3,(H,16,17). The van der Waals surface area contributed by atoms with Crippen LogP contribution in [0.1, 0.15) is 33.6 Å². The summed E-state index contributed by atoms with van der Waals surface area (Å²) in [6, 6.07) is 0. The minimum atomic E-state index is 0.160. The topological polar surface area (TPSA) is 48.9 Å². The zero-order valence-corrected chi connectivity index (χ0v) is 13.8. The molecule has 5 heteroatoms. The quantitative estimate of drug-likeness (QED) is 0.401. The smallest absolute Gasteiger partial charge is 0.193 e. The van der Waals surface area contributed by atoms with Crippen LogP contribution in [0.15, 0.2) is 4.99 Å². The molecule has 1 aliphatic rings. The maximum Gasteiger partial charge on any atom is 0.193 e. The summed E-state index contributed by atoms with van der Waals surface area (Å²) in [6.45, 7) is 10.9. The third-order valence-corrected chi connectivity index (χ3v) is 3.26. The van der Waals surface area contributed by atoms with Crippen molar-refractivity contribution in [3.05, 3.63) is 0 Å². The molecule has 118 valence electrons. The van der Waals surface area contributed by atoms with Crippen molar-refractivity contribution in [3.63, 3.8) is 0 Å². The zero-order chi connectivity index (χ0) is 15.0. The second kappa shape index (κ2) is 8.47. The number of hydrogen-bond acceptors (Lipinski definition) is 3. The first-order valence-electron chi connectivity index (χ1n) is 7.67. The summed E-state index contributed by atoms with van der Waals surface area (Å²) in [6.07, 6.45) is 2.69. The summed E-state index contributed by atoms with van der Waals surface area (Å²) in [5, 5.41) is 6.81. The van der Waals surface area contributed by atoms with Gasteiger partial charge in [-0.05, 0) is 39.5 Å². The molecule has 1 saturated carbocycles. The van der Waals surface area contributed by atoms with Crippen molar-refractivity contribution < 1.29 is 4.74 Å². The van der Waals surface area contributed by atoms with Crippen molar-refractivity contribution in [2.75, 3.05) is 46.9 Å². The zero-order valence-electron chi connectivity index (χ0n) is 13.8. The van der Waals surface area contributed by atoms with Gasteiger partial charge in [-0.1, -0.05) is 0 Å². The Morgan fingerprint density at radius 3 is 2.55 bits per heavy atom. The molecule has 2 N–H and O–H groups in total. The number of nitrogens with zero attached hydrogens (tertiary/aromatic N) is 2. The fraction of sp³-hybridized carbons (Fsp3) is 0.933. The largest absolute Gasteiger partial charge is 0.379 e. The van der Waals surface area contributed by atoms with Crippen LogP contribution in [0.25, 0.3) is 0 Å². The van der Waals surface area contributed by atoms with Crippen molar-refractivity contribution >= 4 is 5.96 Å². The van der Waals surface area contributed by atoms with Crippen LogP contribution in [0.3, 0.4) is 0 Å². The fourth-order valence-corrected chi connectivity index (χ4v) is 1.84. The number of ether oxygens (including phenoxy) is 1. The number of hydrogen-bond donors (Lipinski definition) is 2. The lowest BCUT2D eigenvalue weighted by Gasteiger charge is -2.24. The SMILES string of the molecule is CN=C(NCCNC(C)(C)C)N(C)CCOCC1CC1. The van der Waals surface area contributed by atoms with Crippen molar-refractivity contribution in [2.45, 2.75) is 39.2 Å². The normalized spacial score (nSPS) is 16.4. The van der Waals surface area contributed by atoms with Crippen molar-refractivity contribution in [1.29, 1.82) is 0 Å². The summed E-state index contributed by atoms with van der Waals surface area (Å²) < 4.78 is 5.66. The molecule has 0 heterocycles. The van der Waals surface area contributed by atoms with Gasteiger partial charge in [0, 0.05) is 45.9 Å². The number of nitrogens with one attached hydrogen (secondary N) is 2. The molecule has 5 nitrogen and oxygen atoms in total. The van der Waals surface area contributed by atoms with Crippen LogP contribution in [-0.4, -0.2) is 63.3 Å². The van der Waals surface area contributed by atoms with Crippen LogP contribution in [0, 0.1) is 5.92 Å². The second-order valence-electron chi connectivity index (χ2n) is 6.59. The van der Waals surface area contributed by atoms with Gasteiger partial charge < -0.3 is 20.3 Å². The highest BCUT2D eigenvalue weighted by atomic mass is 16.5. The summed E-state index contributed by atoms with van der Waals surface area (Å²) in [4.78, 5) is 6.41. The molecule has 0 unspecified atom stereocenters. The number of aliphatic imine (C=N–C) groups is 1. The van der Waals surface area contributed by atoms with E-state index in [1.54, 1.807) is 0 Å². The Hall–Kier alpha value is -0.810. The van der Waals surface area contributed by atoms with E-state index in [0.717, 1.165) is 44.7 Å². The minimum absolute atomic E-state index is 0.160. The Kier molecular flexibility index (Phi) is 7.30. The second-order valence-corrected chi connectivity index (χ2v) is 6.59. The van der Waals surface area contributed by atoms with E-state index < -0.39 is 0 Å². The number of rotatable bonds is 8. The maximum atomic E-state index is 5.66. The minimum Gasteiger partial charge on any atom is -0.379 e. The molecule has 0 atom stereocenters. The lowest BCUT2D eigenvalue weighted by Crippen LogP contribution is -2.45. The highest BCUT2D eigenvalue weighted by molar-refractivity contribution is 5.79. The first-order valence-corrected chi connectivity index (χ1v) is 7.67. The molecule has 0 amide bonds. The lowest BCUT2D eigenvalue weighted by molar-refractivity contribution is 0.115. The molecule has 0 aliphatic heterocycles. The van der Waals surface area contributed by atoms with Gasteiger partial charge in [0.2, 0.25) is 0 Å². The number of guanidine groups is 1. The molecule has 1 rings (SSSR count). The fourth-order valence-electron chi connectivity index (χ4n) is 1.84. The molecule has 0 bridgehead atoms. The van der Waals surface area contributed by atoms with Crippen molar-refractivity contribution in [1.82, 2.24) is 15.5 Å². The predicted molar refractivity (Wildman–Crippen MR) is 85.3 cm³/mol. The molecule has 0 aromatic heterocycles. The molecular formula is C15H32N4O. The van der Waals surface area contributed by atoms with E-state index in [-0.39, 0.29) is 5.54 Å². The Morgan fingerprint density at radius 2 is 2.00 bits per heavy atom. The van der Waals surface area contributed by atoms with Crippen LogP contribution >= 0.6 is 0 Å². The average molecular weight is 284 g/mol. The van der Waals surface area contributed by atoms with Gasteiger partial charge in [0.1, 0.15) is 0 Å². The van der Waals surface area contributed by atoms with Crippen LogP contribution in [0.4, 0.5) is 0 Å². The summed E-state index contributed by atoms with van der Waals surface area (Å²) in [5.74, 6) is 1.76. The van der Waals surface area contributed by atoms with Crippen LogP contribution in [-0.2, 0) is 4.74 Å². The van der Waals surface area contributed by atoms with Crippen LogP contribution in [0.5, 0.6) is 0 Å². The third-order valence-electron chi connectivity index (χ3n) is 3.26. The molecule has 0 radical (unpaired) electrons. The van der Waals surface area contributed by atoms with E-state index in [2.05, 4.69) is 41.3 Å². The van der Waals surface area contributed by atoms with E-state index in [4.69, 9.17) is 4.74 Å². The number of likely N-dealkylation sites (N-methyl/N-ethyl adjacent to an activating group) is 1. The molecule has 0 saturated heterocycles. The van der Waals surface area contributed by atoms with Gasteiger partial charge >= 0.3 is 0 Å². The van der Waals surface area contributed by atoms with Gasteiger partial charge in [-0.3, -0.25) is 4.99 Å². The van der Waals surface area contributed by atoms with Crippen molar-refractivity contribution in [3.8, 4) is 0 Å². The van der Waals surface area contributed by atoms with Gasteiger partial charge in [0.25, 0.3) is 0 Å². The molecule has 0 spiro atoms. The Morgan fingerprint density at radius 1 is 1.30 bits per heavy atom. The highest BCUT2D eigenvalue weighted by Crippen LogP contribution is 2.28. The van der Waals surface area contributed by atoms with Crippen molar-refractivity contribution in [2.24, 2.45) is 10.9 Å². The molecule has 0 aromatic rings. The summed E-state index contributed by atoms with van der Waals surface area (Å²) in [5.41, 5.74) is 0.160. The van der Waals surface area contributed by atoms with Crippen LogP contribution in [0.2, 0.25) is 0 Å². The van der Waals surface area contributed by atoms with Gasteiger partial charge in [-0.25, -0.2) is 0 Å². The van der Waals surface area contributed by atoms with Gasteiger partial charge in [0.15, 0.2) is 5.96 Å². The molecule has 1 aliphatic carbocycles. The van der Waals surface area contributed by atoms with Gasteiger partial charge in [-0.15, -0.1) is 0 Å². The van der Waals surface area contributed by atoms with E-state index in [0.29, 0.717) is 0 Å². The summed E-state index contributed by atoms with van der Waals surface area (Å²) >= 11 is 0.